The van der Waals surface area contributed by atoms with Crippen molar-refractivity contribution in [1.82, 2.24) is 5.09 Å². The lowest BCUT2D eigenvalue weighted by molar-refractivity contribution is 0.0614. The van der Waals surface area contributed by atoms with Gasteiger partial charge in [-0.3, -0.25) is 14.4 Å². The molecule has 3 aromatic carbocycles. The molecule has 0 heterocycles. The van der Waals surface area contributed by atoms with Crippen molar-refractivity contribution in [3.63, 3.8) is 0 Å². The molecule has 6 heteroatoms. The van der Waals surface area contributed by atoms with E-state index in [4.69, 9.17) is 4.74 Å². The van der Waals surface area contributed by atoms with E-state index in [2.05, 4.69) is 5.09 Å². The summed E-state index contributed by atoms with van der Waals surface area (Å²) in [6.07, 6.45) is 2.44. The minimum Gasteiger partial charge on any atom is -0.496 e. The number of nitrogens with one attached hydrogen (secondary N) is 1. The maximum Gasteiger partial charge on any atom is 0.204 e. The topological polar surface area (TPSA) is 75.6 Å². The highest BCUT2D eigenvalue weighted by atomic mass is 31.2. The quantitative estimate of drug-likeness (QED) is 0.365. The Labute approximate surface area is 195 Å². The first kappa shape index (κ1) is 23.4. The lowest BCUT2D eigenvalue weighted by Crippen LogP contribution is -2.49. The predicted molar refractivity (Wildman–Crippen MR) is 132 cm³/mol. The van der Waals surface area contributed by atoms with Gasteiger partial charge in [0.2, 0.25) is 7.29 Å². The minimum absolute atomic E-state index is 0.0411. The van der Waals surface area contributed by atoms with Gasteiger partial charge in [0, 0.05) is 16.7 Å². The van der Waals surface area contributed by atoms with Gasteiger partial charge in [-0.2, -0.15) is 0 Å². The fourth-order valence-electron chi connectivity index (χ4n) is 4.70. The lowest BCUT2D eigenvalue weighted by Gasteiger charge is -2.33. The molecule has 1 aliphatic carbocycles. The number of ether oxygens (including phenoxy) is 1. The van der Waals surface area contributed by atoms with Crippen molar-refractivity contribution in [2.45, 2.75) is 37.8 Å². The van der Waals surface area contributed by atoms with Gasteiger partial charge in [0.1, 0.15) is 11.9 Å². The van der Waals surface area contributed by atoms with E-state index in [-0.39, 0.29) is 5.92 Å². The summed E-state index contributed by atoms with van der Waals surface area (Å²) in [5.74, 6) is 0.0324. The maximum absolute atomic E-state index is 14.6. The molecule has 0 amide bonds. The second-order valence-corrected chi connectivity index (χ2v) is 11.0. The van der Waals surface area contributed by atoms with E-state index < -0.39 is 25.2 Å². The molecule has 0 aliphatic heterocycles. The molecule has 0 spiro atoms. The van der Waals surface area contributed by atoms with Crippen LogP contribution in [0, 0.1) is 5.92 Å². The van der Waals surface area contributed by atoms with Crippen molar-refractivity contribution in [2.75, 3.05) is 7.11 Å². The summed E-state index contributed by atoms with van der Waals surface area (Å²) < 4.78 is 20.0. The van der Waals surface area contributed by atoms with Crippen molar-refractivity contribution in [1.29, 1.82) is 0 Å². The van der Waals surface area contributed by atoms with E-state index in [1.807, 2.05) is 60.7 Å². The molecule has 3 aromatic rings. The van der Waals surface area contributed by atoms with E-state index in [0.717, 1.165) is 25.7 Å². The molecule has 0 aromatic heterocycles. The number of hydrogen-bond donors (Lipinski definition) is 2. The first-order chi connectivity index (χ1) is 16.0. The van der Waals surface area contributed by atoms with Crippen LogP contribution in [0.2, 0.25) is 0 Å². The maximum atomic E-state index is 14.6. The standard InChI is InChI=1S/C27H30NO4P/c1-32-24-19-11-10-18-23(24)26(29)27(30)25(20-12-8-9-13-20)28-33(31,21-14-4-2-5-15-21)22-16-6-3-7-17-22/h2-7,10-11,14-20,25,27,30H,8-9,12-13H2,1H3,(H,28,31)/t25-,27-/m0/s1. The summed E-state index contributed by atoms with van der Waals surface area (Å²) in [5, 5.41) is 16.0. The van der Waals surface area contributed by atoms with Crippen molar-refractivity contribution in [3.05, 3.63) is 90.5 Å². The molecular weight excluding hydrogens is 433 g/mol. The second-order valence-electron chi connectivity index (χ2n) is 8.49. The molecule has 1 saturated carbocycles. The SMILES string of the molecule is COc1ccccc1C(=O)[C@@H](O)[C@@H](NP(=O)(c1ccccc1)c1ccccc1)C1CCCC1. The number of carbonyl (C=O) groups excluding carboxylic acids is 1. The Balaban J connectivity index is 1.75. The van der Waals surface area contributed by atoms with Crippen LogP contribution in [0.25, 0.3) is 0 Å². The molecule has 33 heavy (non-hydrogen) atoms. The van der Waals surface area contributed by atoms with E-state index in [1.54, 1.807) is 24.3 Å². The Kier molecular flexibility index (Phi) is 7.44. The van der Waals surface area contributed by atoms with Crippen molar-refractivity contribution < 1.29 is 19.2 Å². The van der Waals surface area contributed by atoms with Crippen LogP contribution in [0.4, 0.5) is 0 Å². The first-order valence-electron chi connectivity index (χ1n) is 11.4. The second kappa shape index (κ2) is 10.5. The van der Waals surface area contributed by atoms with Gasteiger partial charge in [0.05, 0.1) is 12.7 Å². The lowest BCUT2D eigenvalue weighted by atomic mass is 9.90. The number of Topliss-reactive ketones (excluding diaryl/α,β-unsaturated/α-hetero) is 1. The zero-order valence-electron chi connectivity index (χ0n) is 18.8. The summed E-state index contributed by atoms with van der Waals surface area (Å²) >= 11 is 0. The summed E-state index contributed by atoms with van der Waals surface area (Å²) in [6, 6.07) is 24.8. The zero-order valence-corrected chi connectivity index (χ0v) is 19.7. The third-order valence-electron chi connectivity index (χ3n) is 6.46. The number of aliphatic hydroxyl groups excluding tert-OH is 1. The fourth-order valence-corrected chi connectivity index (χ4v) is 7.26. The van der Waals surface area contributed by atoms with Gasteiger partial charge in [-0.05, 0) is 55.2 Å². The third-order valence-corrected chi connectivity index (χ3v) is 9.17. The molecule has 5 nitrogen and oxygen atoms in total. The number of rotatable bonds is 9. The van der Waals surface area contributed by atoms with Crippen LogP contribution in [0.5, 0.6) is 5.75 Å². The molecule has 1 fully saturated rings. The van der Waals surface area contributed by atoms with E-state index >= 15 is 0 Å². The number of ketones is 1. The highest BCUT2D eigenvalue weighted by Gasteiger charge is 2.41. The molecular formula is C27H30NO4P. The molecule has 0 unspecified atom stereocenters. The molecule has 0 saturated heterocycles. The first-order valence-corrected chi connectivity index (χ1v) is 13.1. The van der Waals surface area contributed by atoms with E-state index in [1.165, 1.54) is 7.11 Å². The summed E-state index contributed by atoms with van der Waals surface area (Å²) in [4.78, 5) is 13.4. The molecule has 4 rings (SSSR count). The van der Waals surface area contributed by atoms with Crippen LogP contribution >= 0.6 is 7.29 Å². The van der Waals surface area contributed by atoms with Crippen molar-refractivity contribution in [2.24, 2.45) is 5.92 Å². The van der Waals surface area contributed by atoms with E-state index in [9.17, 15) is 14.5 Å². The molecule has 0 bridgehead atoms. The van der Waals surface area contributed by atoms with Crippen LogP contribution in [0.15, 0.2) is 84.9 Å². The normalized spacial score (nSPS) is 16.3. The highest BCUT2D eigenvalue weighted by Crippen LogP contribution is 2.43. The van der Waals surface area contributed by atoms with Gasteiger partial charge >= 0.3 is 0 Å². The average molecular weight is 464 g/mol. The number of aliphatic hydroxyl groups is 1. The molecule has 2 N–H and O–H groups in total. The Morgan fingerprint density at radius 1 is 0.909 bits per heavy atom. The number of carbonyl (C=O) groups is 1. The smallest absolute Gasteiger partial charge is 0.204 e. The van der Waals surface area contributed by atoms with Gasteiger partial charge in [-0.1, -0.05) is 61.4 Å². The number of para-hydroxylation sites is 1. The van der Waals surface area contributed by atoms with Gasteiger partial charge < -0.3 is 9.84 Å². The Bertz CT molecular complexity index is 1070. The molecule has 0 radical (unpaired) electrons. The van der Waals surface area contributed by atoms with Crippen LogP contribution in [-0.4, -0.2) is 30.1 Å². The fraction of sp³-hybridized carbons (Fsp3) is 0.296. The number of hydrogen-bond acceptors (Lipinski definition) is 4. The predicted octanol–water partition coefficient (Wildman–Crippen LogP) is 4.32. The highest BCUT2D eigenvalue weighted by molar-refractivity contribution is 7.76. The van der Waals surface area contributed by atoms with Crippen molar-refractivity contribution >= 4 is 23.7 Å². The van der Waals surface area contributed by atoms with Gasteiger partial charge in [-0.15, -0.1) is 0 Å². The summed E-state index contributed by atoms with van der Waals surface area (Å²) in [6.45, 7) is 0. The van der Waals surface area contributed by atoms with Crippen LogP contribution in [0.1, 0.15) is 36.0 Å². The Hall–Kier alpha value is -2.72. The Morgan fingerprint density at radius 2 is 1.42 bits per heavy atom. The monoisotopic (exact) mass is 463 g/mol. The summed E-state index contributed by atoms with van der Waals surface area (Å²) in [7, 11) is -1.83. The average Bonchev–Trinajstić information content (AvgIpc) is 3.42. The molecule has 172 valence electrons. The van der Waals surface area contributed by atoms with Crippen molar-refractivity contribution in [3.8, 4) is 5.75 Å². The zero-order chi connectivity index (χ0) is 23.3. The van der Waals surface area contributed by atoms with Crippen LogP contribution < -0.4 is 20.4 Å². The minimum atomic E-state index is -3.33. The van der Waals surface area contributed by atoms with Gasteiger partial charge in [-0.25, -0.2) is 0 Å². The number of benzene rings is 3. The third kappa shape index (κ3) is 4.96. The molecule has 1 aliphatic rings. The van der Waals surface area contributed by atoms with E-state index in [0.29, 0.717) is 21.9 Å². The molecule has 2 atom stereocenters. The Morgan fingerprint density at radius 3 is 1.97 bits per heavy atom. The van der Waals surface area contributed by atoms with Gasteiger partial charge in [0.15, 0.2) is 5.78 Å². The summed E-state index contributed by atoms with van der Waals surface area (Å²) in [5.41, 5.74) is 0.326. The largest absolute Gasteiger partial charge is 0.496 e. The van der Waals surface area contributed by atoms with Crippen LogP contribution in [0.3, 0.4) is 0 Å². The van der Waals surface area contributed by atoms with Crippen LogP contribution in [-0.2, 0) is 4.57 Å². The number of methoxy groups -OCH3 is 1. The van der Waals surface area contributed by atoms with Gasteiger partial charge in [0.25, 0.3) is 0 Å².